The predicted octanol–water partition coefficient (Wildman–Crippen LogP) is 3.32. The number of hydrogen-bond acceptors (Lipinski definition) is 8. The summed E-state index contributed by atoms with van der Waals surface area (Å²) in [7, 11) is 0. The third-order valence-corrected chi connectivity index (χ3v) is 8.28. The van der Waals surface area contributed by atoms with Gasteiger partial charge in [-0.25, -0.2) is 0 Å². The molecule has 2 N–H and O–H groups in total. The van der Waals surface area contributed by atoms with Gasteiger partial charge in [0.25, 0.3) is 5.91 Å². The van der Waals surface area contributed by atoms with Crippen LogP contribution in [0, 0.1) is 0 Å². The summed E-state index contributed by atoms with van der Waals surface area (Å²) in [5, 5.41) is 14.7. The van der Waals surface area contributed by atoms with Crippen LogP contribution in [0.5, 0.6) is 0 Å². The molecule has 0 radical (unpaired) electrons. The van der Waals surface area contributed by atoms with Crippen molar-refractivity contribution in [2.24, 2.45) is 0 Å². The van der Waals surface area contributed by atoms with E-state index in [4.69, 9.17) is 20.8 Å². The van der Waals surface area contributed by atoms with Gasteiger partial charge in [-0.05, 0) is 60.6 Å². The Morgan fingerprint density at radius 2 is 1.95 bits per heavy atom. The standard InChI is InChI=1S/C27H24ClN5O5/c28-20-11-15(10-17-18(20)12-33(25(17)36)21-4-5-22(34)29-23(21)35)27(7-8-27)30-26-32-31-24(38-26)16-3-1-2-14-6-9-37-13-19(14)16/h1-3,10-11,21H,4-9,12-13H2,(H,30,32)(H,29,34,35). The SMILES string of the molecule is O=C1CCC(N2Cc3c(Cl)cc(C4(Nc5nnc(-c6cccc7c6COCC7)o5)CC4)cc3C2=O)C(=O)N1. The molecule has 1 atom stereocenters. The number of hydrogen-bond donors (Lipinski definition) is 2. The Balaban J connectivity index is 1.14. The minimum atomic E-state index is -0.689. The molecule has 4 aliphatic rings. The number of rotatable bonds is 5. The van der Waals surface area contributed by atoms with Crippen molar-refractivity contribution in [1.82, 2.24) is 20.4 Å². The Hall–Kier alpha value is -3.76. The number of halogens is 1. The molecule has 10 nitrogen and oxygen atoms in total. The highest BCUT2D eigenvalue weighted by Crippen LogP contribution is 2.50. The Kier molecular flexibility index (Phi) is 5.31. The molecule has 1 saturated carbocycles. The molecular formula is C27H24ClN5O5. The van der Waals surface area contributed by atoms with E-state index < -0.39 is 17.5 Å². The van der Waals surface area contributed by atoms with Crippen molar-refractivity contribution in [2.75, 3.05) is 11.9 Å². The predicted molar refractivity (Wildman–Crippen MR) is 135 cm³/mol. The van der Waals surface area contributed by atoms with Crippen molar-refractivity contribution < 1.29 is 23.5 Å². The maximum atomic E-state index is 13.3. The van der Waals surface area contributed by atoms with Crippen LogP contribution in [-0.2, 0) is 39.4 Å². The van der Waals surface area contributed by atoms with Crippen LogP contribution in [0.15, 0.2) is 34.7 Å². The second kappa shape index (κ2) is 8.64. The summed E-state index contributed by atoms with van der Waals surface area (Å²) in [4.78, 5) is 38.8. The molecule has 2 aromatic carbocycles. The summed E-state index contributed by atoms with van der Waals surface area (Å²) in [5.74, 6) is -0.599. The molecule has 2 fully saturated rings. The van der Waals surface area contributed by atoms with Crippen LogP contribution >= 0.6 is 11.6 Å². The second-order valence-corrected chi connectivity index (χ2v) is 10.7. The van der Waals surface area contributed by atoms with Crippen molar-refractivity contribution in [2.45, 2.75) is 56.8 Å². The molecule has 194 valence electrons. The van der Waals surface area contributed by atoms with E-state index in [0.29, 0.717) is 47.7 Å². The third-order valence-electron chi connectivity index (χ3n) is 7.94. The summed E-state index contributed by atoms with van der Waals surface area (Å²) >= 11 is 6.67. The number of anilines is 1. The molecule has 3 aromatic rings. The quantitative estimate of drug-likeness (QED) is 0.478. The third kappa shape index (κ3) is 3.78. The fraction of sp³-hybridized carbons (Fsp3) is 0.370. The number of piperidine rings is 1. The fourth-order valence-corrected chi connectivity index (χ4v) is 5.97. The molecule has 38 heavy (non-hydrogen) atoms. The first-order valence-corrected chi connectivity index (χ1v) is 13.1. The number of fused-ring (bicyclic) bond motifs is 2. The molecule has 11 heteroatoms. The lowest BCUT2D eigenvalue weighted by Gasteiger charge is -2.29. The summed E-state index contributed by atoms with van der Waals surface area (Å²) in [6, 6.07) is 9.35. The van der Waals surface area contributed by atoms with E-state index in [1.54, 1.807) is 0 Å². The zero-order valence-electron chi connectivity index (χ0n) is 20.4. The molecule has 4 heterocycles. The first-order valence-electron chi connectivity index (χ1n) is 12.7. The summed E-state index contributed by atoms with van der Waals surface area (Å²) in [6.45, 7) is 1.45. The van der Waals surface area contributed by atoms with Gasteiger partial charge < -0.3 is 19.4 Å². The number of imide groups is 1. The minimum absolute atomic E-state index is 0.202. The van der Waals surface area contributed by atoms with Crippen LogP contribution in [0.4, 0.5) is 6.01 Å². The van der Waals surface area contributed by atoms with E-state index in [9.17, 15) is 14.4 Å². The van der Waals surface area contributed by atoms with Gasteiger partial charge in [-0.3, -0.25) is 19.7 Å². The van der Waals surface area contributed by atoms with Crippen molar-refractivity contribution >= 4 is 35.3 Å². The van der Waals surface area contributed by atoms with Crippen molar-refractivity contribution in [3.05, 3.63) is 63.2 Å². The average Bonchev–Trinajstić information content (AvgIpc) is 3.42. The Morgan fingerprint density at radius 3 is 2.76 bits per heavy atom. The minimum Gasteiger partial charge on any atom is -0.403 e. The highest BCUT2D eigenvalue weighted by atomic mass is 35.5. The zero-order valence-corrected chi connectivity index (χ0v) is 21.1. The molecular weight excluding hydrogens is 510 g/mol. The molecule has 3 amide bonds. The van der Waals surface area contributed by atoms with Gasteiger partial charge in [-0.1, -0.05) is 28.8 Å². The Morgan fingerprint density at radius 1 is 1.08 bits per heavy atom. The van der Waals surface area contributed by atoms with Crippen molar-refractivity contribution in [1.29, 1.82) is 0 Å². The number of nitrogens with zero attached hydrogens (tertiary/aromatic N) is 3. The van der Waals surface area contributed by atoms with Gasteiger partial charge in [0.1, 0.15) is 6.04 Å². The lowest BCUT2D eigenvalue weighted by Crippen LogP contribution is -2.52. The van der Waals surface area contributed by atoms with Gasteiger partial charge in [0.15, 0.2) is 0 Å². The normalized spacial score (nSPS) is 21.7. The molecule has 1 unspecified atom stereocenters. The maximum absolute atomic E-state index is 13.3. The number of benzene rings is 2. The van der Waals surface area contributed by atoms with E-state index in [0.717, 1.165) is 36.0 Å². The van der Waals surface area contributed by atoms with Gasteiger partial charge in [-0.2, -0.15) is 0 Å². The number of carbonyl (C=O) groups excluding carboxylic acids is 3. The largest absolute Gasteiger partial charge is 0.403 e. The van der Waals surface area contributed by atoms with E-state index >= 15 is 0 Å². The number of ether oxygens (including phenoxy) is 1. The number of carbonyl (C=O) groups is 3. The summed E-state index contributed by atoms with van der Waals surface area (Å²) < 4.78 is 11.7. The van der Waals surface area contributed by atoms with Crippen LogP contribution < -0.4 is 10.6 Å². The van der Waals surface area contributed by atoms with Gasteiger partial charge in [0.2, 0.25) is 17.7 Å². The molecule has 0 bridgehead atoms. The van der Waals surface area contributed by atoms with Crippen LogP contribution in [0.25, 0.3) is 11.5 Å². The van der Waals surface area contributed by atoms with Gasteiger partial charge >= 0.3 is 6.01 Å². The molecule has 3 aliphatic heterocycles. The fourth-order valence-electron chi connectivity index (χ4n) is 5.69. The molecule has 0 spiro atoms. The highest BCUT2D eigenvalue weighted by molar-refractivity contribution is 6.32. The summed E-state index contributed by atoms with van der Waals surface area (Å²) in [5.41, 5.74) is 4.70. The number of aromatic nitrogens is 2. The van der Waals surface area contributed by atoms with Crippen LogP contribution in [0.1, 0.15) is 58.3 Å². The van der Waals surface area contributed by atoms with Crippen LogP contribution in [-0.4, -0.2) is 45.5 Å². The summed E-state index contributed by atoms with van der Waals surface area (Å²) in [6.07, 6.45) is 2.97. The van der Waals surface area contributed by atoms with E-state index in [2.05, 4.69) is 26.9 Å². The van der Waals surface area contributed by atoms with Crippen molar-refractivity contribution in [3.8, 4) is 11.5 Å². The Labute approximate surface area is 222 Å². The first kappa shape index (κ1) is 23.4. The lowest BCUT2D eigenvalue weighted by atomic mass is 9.98. The Bertz CT molecular complexity index is 1510. The van der Waals surface area contributed by atoms with Gasteiger partial charge in [-0.15, -0.1) is 5.10 Å². The maximum Gasteiger partial charge on any atom is 0.316 e. The molecule has 1 aromatic heterocycles. The molecule has 1 aliphatic carbocycles. The topological polar surface area (TPSA) is 127 Å². The number of amides is 3. The van der Waals surface area contributed by atoms with Crippen LogP contribution in [0.3, 0.4) is 0 Å². The van der Waals surface area contributed by atoms with E-state index in [1.807, 2.05) is 24.3 Å². The van der Waals surface area contributed by atoms with E-state index in [1.165, 1.54) is 10.5 Å². The average molecular weight is 534 g/mol. The van der Waals surface area contributed by atoms with Gasteiger partial charge in [0, 0.05) is 34.7 Å². The highest BCUT2D eigenvalue weighted by Gasteiger charge is 2.48. The lowest BCUT2D eigenvalue weighted by molar-refractivity contribution is -0.136. The molecule has 7 rings (SSSR count). The van der Waals surface area contributed by atoms with Gasteiger partial charge in [0.05, 0.1) is 18.8 Å². The smallest absolute Gasteiger partial charge is 0.316 e. The molecule has 1 saturated heterocycles. The monoisotopic (exact) mass is 533 g/mol. The van der Waals surface area contributed by atoms with E-state index in [-0.39, 0.29) is 24.8 Å². The first-order chi connectivity index (χ1) is 18.4. The number of nitrogens with one attached hydrogen (secondary N) is 2. The zero-order chi connectivity index (χ0) is 26.0. The second-order valence-electron chi connectivity index (χ2n) is 10.2. The van der Waals surface area contributed by atoms with Crippen LogP contribution in [0.2, 0.25) is 5.02 Å². The van der Waals surface area contributed by atoms with Crippen molar-refractivity contribution in [3.63, 3.8) is 0 Å².